The van der Waals surface area contributed by atoms with Crippen molar-refractivity contribution in [1.82, 2.24) is 5.32 Å². The van der Waals surface area contributed by atoms with E-state index in [1.54, 1.807) is 0 Å². The maximum absolute atomic E-state index is 12.3. The first kappa shape index (κ1) is 19.9. The highest BCUT2D eigenvalue weighted by Crippen LogP contribution is 2.40. The molecule has 1 amide bonds. The number of carbonyl (C=O) groups is 2. The standard InChI is InChI=1S/C23H33NO3/c1-23(2,3)18-13-11-17(12-14-18)22(26)27-15-21(25)24-20-10-6-8-16-7-4-5-9-19(16)20/h4-5,7,9,17-18,20H,6,8,10-15H2,1-3H3,(H,24,25)/t17?,18?,20-/m0/s1. The molecule has 1 atom stereocenters. The lowest BCUT2D eigenvalue weighted by atomic mass is 9.70. The first-order valence-corrected chi connectivity index (χ1v) is 10.4. The molecule has 0 spiro atoms. The molecule has 0 aromatic heterocycles. The van der Waals surface area contributed by atoms with E-state index < -0.39 is 0 Å². The Balaban J connectivity index is 1.44. The second kappa shape index (κ2) is 8.45. The number of hydrogen-bond donors (Lipinski definition) is 1. The van der Waals surface area contributed by atoms with Crippen LogP contribution in [0, 0.1) is 17.3 Å². The van der Waals surface area contributed by atoms with Crippen LogP contribution in [0.15, 0.2) is 24.3 Å². The largest absolute Gasteiger partial charge is 0.455 e. The highest BCUT2D eigenvalue weighted by atomic mass is 16.5. The molecule has 1 saturated carbocycles. The Morgan fingerprint density at radius 1 is 1.07 bits per heavy atom. The zero-order chi connectivity index (χ0) is 19.4. The predicted octanol–water partition coefficient (Wildman–Crippen LogP) is 4.58. The Bertz CT molecular complexity index is 668. The van der Waals surface area contributed by atoms with Crippen molar-refractivity contribution in [1.29, 1.82) is 0 Å². The molecule has 0 heterocycles. The Morgan fingerprint density at radius 2 is 1.78 bits per heavy atom. The van der Waals surface area contributed by atoms with E-state index in [0.717, 1.165) is 44.9 Å². The van der Waals surface area contributed by atoms with Gasteiger partial charge >= 0.3 is 5.97 Å². The zero-order valence-corrected chi connectivity index (χ0v) is 16.9. The third-order valence-electron chi connectivity index (χ3n) is 6.34. The third-order valence-corrected chi connectivity index (χ3v) is 6.34. The fourth-order valence-electron chi connectivity index (χ4n) is 4.59. The van der Waals surface area contributed by atoms with Crippen molar-refractivity contribution in [2.75, 3.05) is 6.61 Å². The maximum atomic E-state index is 12.3. The van der Waals surface area contributed by atoms with Gasteiger partial charge in [-0.1, -0.05) is 45.0 Å². The van der Waals surface area contributed by atoms with Gasteiger partial charge in [-0.15, -0.1) is 0 Å². The van der Waals surface area contributed by atoms with E-state index in [9.17, 15) is 9.59 Å². The van der Waals surface area contributed by atoms with Gasteiger partial charge in [0.25, 0.3) is 5.91 Å². The molecule has 1 aromatic carbocycles. The molecule has 1 fully saturated rings. The van der Waals surface area contributed by atoms with Crippen LogP contribution >= 0.6 is 0 Å². The number of ether oxygens (including phenoxy) is 1. The molecule has 4 nitrogen and oxygen atoms in total. The SMILES string of the molecule is CC(C)(C)C1CCC(C(=O)OCC(=O)N[C@H]2CCCc3ccccc32)CC1. The average Bonchev–Trinajstić information content (AvgIpc) is 2.66. The lowest BCUT2D eigenvalue weighted by molar-refractivity contribution is -0.154. The normalized spacial score (nSPS) is 25.4. The molecule has 1 N–H and O–H groups in total. The van der Waals surface area contributed by atoms with Gasteiger partial charge in [-0.2, -0.15) is 0 Å². The van der Waals surface area contributed by atoms with Gasteiger partial charge < -0.3 is 10.1 Å². The van der Waals surface area contributed by atoms with Crippen molar-refractivity contribution >= 4 is 11.9 Å². The molecule has 0 aliphatic heterocycles. The molecule has 0 saturated heterocycles. The first-order chi connectivity index (χ1) is 12.8. The van der Waals surface area contributed by atoms with Crippen LogP contribution in [0.4, 0.5) is 0 Å². The number of amides is 1. The molecule has 2 aliphatic rings. The molecule has 148 valence electrons. The molecule has 27 heavy (non-hydrogen) atoms. The van der Waals surface area contributed by atoms with E-state index in [2.05, 4.69) is 38.2 Å². The fraction of sp³-hybridized carbons (Fsp3) is 0.652. The number of benzene rings is 1. The molecule has 0 bridgehead atoms. The summed E-state index contributed by atoms with van der Waals surface area (Å²) in [6.45, 7) is 6.63. The fourth-order valence-corrected chi connectivity index (χ4v) is 4.59. The lowest BCUT2D eigenvalue weighted by Crippen LogP contribution is -2.35. The monoisotopic (exact) mass is 371 g/mol. The summed E-state index contributed by atoms with van der Waals surface area (Å²) in [6.07, 6.45) is 6.94. The summed E-state index contributed by atoms with van der Waals surface area (Å²) in [6, 6.07) is 8.29. The quantitative estimate of drug-likeness (QED) is 0.789. The molecule has 4 heteroatoms. The molecule has 3 rings (SSSR count). The summed E-state index contributed by atoms with van der Waals surface area (Å²) in [5.74, 6) is 0.206. The number of fused-ring (bicyclic) bond motifs is 1. The van der Waals surface area contributed by atoms with Gasteiger partial charge in [-0.05, 0) is 67.4 Å². The van der Waals surface area contributed by atoms with Crippen LogP contribution < -0.4 is 5.32 Å². The molecule has 0 radical (unpaired) electrons. The van der Waals surface area contributed by atoms with Crippen molar-refractivity contribution in [3.05, 3.63) is 35.4 Å². The Morgan fingerprint density at radius 3 is 2.48 bits per heavy atom. The molecular weight excluding hydrogens is 338 g/mol. The number of nitrogens with one attached hydrogen (secondary N) is 1. The highest BCUT2D eigenvalue weighted by molar-refractivity contribution is 5.81. The van der Waals surface area contributed by atoms with E-state index in [4.69, 9.17) is 4.74 Å². The van der Waals surface area contributed by atoms with Gasteiger partial charge in [0.2, 0.25) is 0 Å². The summed E-state index contributed by atoms with van der Waals surface area (Å²) in [4.78, 5) is 24.7. The maximum Gasteiger partial charge on any atom is 0.309 e. The van der Waals surface area contributed by atoms with Gasteiger partial charge in [-0.3, -0.25) is 9.59 Å². The minimum absolute atomic E-state index is 0.0309. The molecule has 0 unspecified atom stereocenters. The zero-order valence-electron chi connectivity index (χ0n) is 16.9. The van der Waals surface area contributed by atoms with Crippen LogP contribution in [0.25, 0.3) is 0 Å². The van der Waals surface area contributed by atoms with Crippen LogP contribution in [0.3, 0.4) is 0 Å². The van der Waals surface area contributed by atoms with Crippen LogP contribution in [-0.2, 0) is 20.7 Å². The minimum Gasteiger partial charge on any atom is -0.455 e. The van der Waals surface area contributed by atoms with E-state index in [1.165, 1.54) is 11.1 Å². The number of esters is 1. The summed E-state index contributed by atoms with van der Waals surface area (Å²) in [5.41, 5.74) is 2.80. The lowest BCUT2D eigenvalue weighted by Gasteiger charge is -2.36. The Kier molecular flexibility index (Phi) is 6.23. The highest BCUT2D eigenvalue weighted by Gasteiger charge is 2.33. The van der Waals surface area contributed by atoms with Crippen LogP contribution in [0.2, 0.25) is 0 Å². The van der Waals surface area contributed by atoms with Gasteiger partial charge in [0.05, 0.1) is 12.0 Å². The van der Waals surface area contributed by atoms with E-state index in [1.807, 2.05) is 12.1 Å². The molecular formula is C23H33NO3. The smallest absolute Gasteiger partial charge is 0.309 e. The van der Waals surface area contributed by atoms with E-state index in [0.29, 0.717) is 11.3 Å². The van der Waals surface area contributed by atoms with Crippen molar-refractivity contribution in [2.24, 2.45) is 17.3 Å². The first-order valence-electron chi connectivity index (χ1n) is 10.4. The topological polar surface area (TPSA) is 55.4 Å². The summed E-state index contributed by atoms with van der Waals surface area (Å²) in [5, 5.41) is 3.04. The van der Waals surface area contributed by atoms with Crippen molar-refractivity contribution in [3.63, 3.8) is 0 Å². The van der Waals surface area contributed by atoms with Crippen molar-refractivity contribution < 1.29 is 14.3 Å². The van der Waals surface area contributed by atoms with Gasteiger partial charge in [0.1, 0.15) is 0 Å². The Hall–Kier alpha value is -1.84. The van der Waals surface area contributed by atoms with Crippen LogP contribution in [0.1, 0.15) is 76.5 Å². The Labute approximate surface area is 163 Å². The van der Waals surface area contributed by atoms with Crippen LogP contribution in [-0.4, -0.2) is 18.5 Å². The van der Waals surface area contributed by atoms with E-state index >= 15 is 0 Å². The summed E-state index contributed by atoms with van der Waals surface area (Å²) < 4.78 is 5.34. The minimum atomic E-state index is -0.207. The summed E-state index contributed by atoms with van der Waals surface area (Å²) in [7, 11) is 0. The average molecular weight is 372 g/mol. The van der Waals surface area contributed by atoms with Crippen LogP contribution in [0.5, 0.6) is 0 Å². The third kappa shape index (κ3) is 5.12. The van der Waals surface area contributed by atoms with Crippen molar-refractivity contribution in [3.8, 4) is 0 Å². The van der Waals surface area contributed by atoms with Gasteiger partial charge in [0.15, 0.2) is 6.61 Å². The molecule has 2 aliphatic carbocycles. The summed E-state index contributed by atoms with van der Waals surface area (Å²) >= 11 is 0. The second-order valence-corrected chi connectivity index (χ2v) is 9.23. The van der Waals surface area contributed by atoms with Gasteiger partial charge in [0, 0.05) is 0 Å². The van der Waals surface area contributed by atoms with Crippen molar-refractivity contribution in [2.45, 2.75) is 71.8 Å². The number of carbonyl (C=O) groups excluding carboxylic acids is 2. The predicted molar refractivity (Wildman–Crippen MR) is 106 cm³/mol. The molecule has 1 aromatic rings. The number of rotatable bonds is 4. The van der Waals surface area contributed by atoms with E-state index in [-0.39, 0.29) is 30.4 Å². The van der Waals surface area contributed by atoms with Gasteiger partial charge in [-0.25, -0.2) is 0 Å². The number of hydrogen-bond acceptors (Lipinski definition) is 3. The number of aryl methyl sites for hydroxylation is 1. The second-order valence-electron chi connectivity index (χ2n) is 9.23.